The van der Waals surface area contributed by atoms with Crippen LogP contribution in [0.25, 0.3) is 0 Å². The Kier molecular flexibility index (Phi) is 6.75. The minimum Gasteiger partial charge on any atom is -0.368 e. The largest absolute Gasteiger partial charge is 0.368 e. The van der Waals surface area contributed by atoms with Crippen LogP contribution in [0.15, 0.2) is 29.3 Å². The molecule has 0 radical (unpaired) electrons. The maximum Gasteiger partial charge on any atom is 0.224 e. The first-order valence-corrected chi connectivity index (χ1v) is 11.4. The molecule has 1 aliphatic carbocycles. The maximum absolute atomic E-state index is 13.1. The van der Waals surface area contributed by atoms with Crippen LogP contribution in [0.4, 0.5) is 10.1 Å². The molecule has 1 amide bonds. The van der Waals surface area contributed by atoms with Crippen LogP contribution >= 0.6 is 0 Å². The summed E-state index contributed by atoms with van der Waals surface area (Å²) in [5.41, 5.74) is 1.01. The quantitative estimate of drug-likeness (QED) is 0.607. The molecule has 4 rings (SSSR count). The van der Waals surface area contributed by atoms with E-state index in [2.05, 4.69) is 20.1 Å². The van der Waals surface area contributed by atoms with Crippen molar-refractivity contribution in [2.75, 3.05) is 57.8 Å². The maximum atomic E-state index is 13.1. The van der Waals surface area contributed by atoms with Gasteiger partial charge in [-0.15, -0.1) is 0 Å². The number of halogens is 1. The van der Waals surface area contributed by atoms with Gasteiger partial charge in [0, 0.05) is 65.0 Å². The number of hydrogen-bond acceptors (Lipinski definition) is 3. The molecular weight excluding hydrogens is 381 g/mol. The summed E-state index contributed by atoms with van der Waals surface area (Å²) in [7, 11) is 1.83. The van der Waals surface area contributed by atoms with Crippen molar-refractivity contribution in [3.8, 4) is 0 Å². The normalized spacial score (nSPS) is 24.7. The third-order valence-corrected chi connectivity index (χ3v) is 6.93. The molecule has 3 aliphatic rings. The van der Waals surface area contributed by atoms with E-state index in [1.807, 2.05) is 11.9 Å². The van der Waals surface area contributed by atoms with Crippen LogP contribution in [0.3, 0.4) is 0 Å². The minimum atomic E-state index is -0.220. The number of nitrogens with zero attached hydrogens (tertiary/aromatic N) is 4. The average molecular weight is 416 g/mol. The van der Waals surface area contributed by atoms with Crippen LogP contribution in [-0.2, 0) is 4.79 Å². The van der Waals surface area contributed by atoms with Crippen molar-refractivity contribution in [3.63, 3.8) is 0 Å². The first kappa shape index (κ1) is 20.9. The van der Waals surface area contributed by atoms with Crippen LogP contribution in [0.1, 0.15) is 32.1 Å². The Labute approximate surface area is 179 Å². The van der Waals surface area contributed by atoms with Gasteiger partial charge in [-0.05, 0) is 48.9 Å². The number of piperazine rings is 1. The predicted octanol–water partition coefficient (Wildman–Crippen LogP) is 2.56. The number of carbonyl (C=O) groups excluding carboxylic acids is 1. The van der Waals surface area contributed by atoms with Crippen LogP contribution in [0.5, 0.6) is 0 Å². The third kappa shape index (κ3) is 4.87. The van der Waals surface area contributed by atoms with Gasteiger partial charge < -0.3 is 20.0 Å². The van der Waals surface area contributed by atoms with Crippen molar-refractivity contribution < 1.29 is 9.18 Å². The van der Waals surface area contributed by atoms with E-state index < -0.39 is 0 Å². The van der Waals surface area contributed by atoms with E-state index in [1.54, 1.807) is 12.1 Å². The zero-order valence-electron chi connectivity index (χ0n) is 18.0. The van der Waals surface area contributed by atoms with Gasteiger partial charge >= 0.3 is 0 Å². The van der Waals surface area contributed by atoms with Gasteiger partial charge in [0.05, 0.1) is 0 Å². The molecule has 0 spiro atoms. The molecule has 2 heterocycles. The molecule has 7 heteroatoms. The van der Waals surface area contributed by atoms with Gasteiger partial charge in [0.2, 0.25) is 5.91 Å². The van der Waals surface area contributed by atoms with Gasteiger partial charge in [-0.3, -0.25) is 9.79 Å². The first-order valence-electron chi connectivity index (χ1n) is 11.4. The van der Waals surface area contributed by atoms with Gasteiger partial charge in [-0.25, -0.2) is 4.39 Å². The lowest BCUT2D eigenvalue weighted by Gasteiger charge is -2.36. The third-order valence-electron chi connectivity index (χ3n) is 6.93. The van der Waals surface area contributed by atoms with Crippen molar-refractivity contribution in [2.24, 2.45) is 16.8 Å². The Morgan fingerprint density at radius 2 is 1.67 bits per heavy atom. The molecule has 0 bridgehead atoms. The number of hydrogen-bond donors (Lipinski definition) is 1. The van der Waals surface area contributed by atoms with Gasteiger partial charge in [-0.2, -0.15) is 0 Å². The van der Waals surface area contributed by atoms with Crippen LogP contribution < -0.4 is 10.2 Å². The number of anilines is 1. The van der Waals surface area contributed by atoms with Gasteiger partial charge in [0.25, 0.3) is 0 Å². The number of carbonyl (C=O) groups is 1. The molecule has 164 valence electrons. The molecular formula is C23H34FN5O. The molecule has 2 aliphatic heterocycles. The Morgan fingerprint density at radius 3 is 2.27 bits per heavy atom. The van der Waals surface area contributed by atoms with Crippen molar-refractivity contribution in [1.29, 1.82) is 0 Å². The fraction of sp³-hybridized carbons (Fsp3) is 0.652. The Bertz CT molecular complexity index is 730. The molecule has 0 aromatic heterocycles. The molecule has 3 fully saturated rings. The second-order valence-electron chi connectivity index (χ2n) is 8.78. The Hall–Kier alpha value is -2.31. The summed E-state index contributed by atoms with van der Waals surface area (Å²) < 4.78 is 13.1. The first-order chi connectivity index (χ1) is 14.6. The highest BCUT2D eigenvalue weighted by molar-refractivity contribution is 5.81. The zero-order chi connectivity index (χ0) is 20.9. The second-order valence-corrected chi connectivity index (χ2v) is 8.78. The Morgan fingerprint density at radius 1 is 1.03 bits per heavy atom. The molecule has 2 unspecified atom stereocenters. The highest BCUT2D eigenvalue weighted by Crippen LogP contribution is 2.35. The molecule has 2 atom stereocenters. The summed E-state index contributed by atoms with van der Waals surface area (Å²) in [5, 5.41) is 3.41. The monoisotopic (exact) mass is 415 g/mol. The lowest BCUT2D eigenvalue weighted by molar-refractivity contribution is -0.131. The summed E-state index contributed by atoms with van der Waals surface area (Å²) in [5.74, 6) is 2.54. The van der Waals surface area contributed by atoms with E-state index in [9.17, 15) is 9.18 Å². The van der Waals surface area contributed by atoms with E-state index >= 15 is 0 Å². The van der Waals surface area contributed by atoms with E-state index in [-0.39, 0.29) is 11.7 Å². The average Bonchev–Trinajstić information content (AvgIpc) is 3.21. The van der Waals surface area contributed by atoms with Crippen molar-refractivity contribution in [3.05, 3.63) is 30.1 Å². The molecule has 6 nitrogen and oxygen atoms in total. The lowest BCUT2D eigenvalue weighted by atomic mass is 9.82. The van der Waals surface area contributed by atoms with E-state index in [4.69, 9.17) is 0 Å². The molecule has 30 heavy (non-hydrogen) atoms. The zero-order valence-corrected chi connectivity index (χ0v) is 18.0. The van der Waals surface area contributed by atoms with Crippen molar-refractivity contribution in [2.45, 2.75) is 32.1 Å². The Balaban J connectivity index is 1.19. The van der Waals surface area contributed by atoms with Crippen molar-refractivity contribution in [1.82, 2.24) is 15.1 Å². The SMILES string of the molecule is CN=C(NCCC(=O)N1CCN(c2ccc(F)cc2)CC1)N1CC2CCCCC2C1. The number of benzene rings is 1. The number of rotatable bonds is 4. The molecule has 1 aromatic rings. The standard InChI is InChI=1S/C23H34FN5O/c1-25-23(29-16-18-4-2-3-5-19(18)17-29)26-11-10-22(30)28-14-12-27(13-15-28)21-8-6-20(24)7-9-21/h6-9,18-19H,2-5,10-17H2,1H3,(H,25,26). The summed E-state index contributed by atoms with van der Waals surface area (Å²) in [6, 6.07) is 6.58. The highest BCUT2D eigenvalue weighted by atomic mass is 19.1. The minimum absolute atomic E-state index is 0.187. The second kappa shape index (κ2) is 9.67. The topological polar surface area (TPSA) is 51.2 Å². The van der Waals surface area contributed by atoms with E-state index in [0.29, 0.717) is 26.1 Å². The summed E-state index contributed by atoms with van der Waals surface area (Å²) in [6.45, 7) is 5.80. The van der Waals surface area contributed by atoms with Crippen LogP contribution in [-0.4, -0.2) is 74.5 Å². The van der Waals surface area contributed by atoms with Gasteiger partial charge in [-0.1, -0.05) is 12.8 Å². The fourth-order valence-corrected chi connectivity index (χ4v) is 5.22. The van der Waals surface area contributed by atoms with Crippen LogP contribution in [0.2, 0.25) is 0 Å². The number of guanidine groups is 1. The molecule has 1 saturated carbocycles. The van der Waals surface area contributed by atoms with Crippen LogP contribution in [0, 0.1) is 17.7 Å². The summed E-state index contributed by atoms with van der Waals surface area (Å²) in [6.07, 6.45) is 5.91. The highest BCUT2D eigenvalue weighted by Gasteiger charge is 2.35. The summed E-state index contributed by atoms with van der Waals surface area (Å²) >= 11 is 0. The number of likely N-dealkylation sites (tertiary alicyclic amines) is 1. The van der Waals surface area contributed by atoms with Gasteiger partial charge in [0.1, 0.15) is 5.82 Å². The molecule has 1 aromatic carbocycles. The summed E-state index contributed by atoms with van der Waals surface area (Å²) in [4.78, 5) is 23.6. The number of fused-ring (bicyclic) bond motifs is 1. The molecule has 1 N–H and O–H groups in total. The smallest absolute Gasteiger partial charge is 0.224 e. The number of nitrogens with one attached hydrogen (secondary N) is 1. The fourth-order valence-electron chi connectivity index (χ4n) is 5.22. The lowest BCUT2D eigenvalue weighted by Crippen LogP contribution is -2.49. The van der Waals surface area contributed by atoms with E-state index in [0.717, 1.165) is 49.7 Å². The number of aliphatic imine (C=N–C) groups is 1. The van der Waals surface area contributed by atoms with Crippen molar-refractivity contribution >= 4 is 17.6 Å². The predicted molar refractivity (Wildman–Crippen MR) is 118 cm³/mol. The number of amides is 1. The van der Waals surface area contributed by atoms with Gasteiger partial charge in [0.15, 0.2) is 5.96 Å². The van der Waals surface area contributed by atoms with E-state index in [1.165, 1.54) is 37.8 Å². The molecule has 2 saturated heterocycles.